The highest BCUT2D eigenvalue weighted by molar-refractivity contribution is 5.92. The maximum Gasteiger partial charge on any atom is 0.270 e. The lowest BCUT2D eigenvalue weighted by Gasteiger charge is -2.44. The summed E-state index contributed by atoms with van der Waals surface area (Å²) in [5.41, 5.74) is 1.43. The molecule has 6 nitrogen and oxygen atoms in total. The monoisotopic (exact) mass is 343 g/mol. The average Bonchev–Trinajstić information content (AvgIpc) is 2.63. The maximum absolute atomic E-state index is 12.8. The fourth-order valence-electron chi connectivity index (χ4n) is 4.53. The van der Waals surface area contributed by atoms with Crippen LogP contribution < -0.4 is 5.32 Å². The van der Waals surface area contributed by atoms with Crippen LogP contribution in [0, 0.1) is 12.8 Å². The molecule has 2 bridgehead atoms. The third-order valence-electron chi connectivity index (χ3n) is 6.16. The number of aryl methyl sites for hydroxylation is 1. The van der Waals surface area contributed by atoms with Crippen molar-refractivity contribution >= 4 is 5.91 Å². The van der Waals surface area contributed by atoms with Gasteiger partial charge in [0.15, 0.2) is 0 Å². The zero-order valence-electron chi connectivity index (χ0n) is 15.4. The van der Waals surface area contributed by atoms with E-state index in [1.165, 1.54) is 25.9 Å². The van der Waals surface area contributed by atoms with Crippen molar-refractivity contribution in [2.45, 2.75) is 44.6 Å². The van der Waals surface area contributed by atoms with E-state index < -0.39 is 0 Å². The van der Waals surface area contributed by atoms with Crippen LogP contribution >= 0.6 is 0 Å². The minimum absolute atomic E-state index is 0.0292. The molecular formula is C19H29N5O. The smallest absolute Gasteiger partial charge is 0.270 e. The number of piperidine rings is 4. The predicted octanol–water partition coefficient (Wildman–Crippen LogP) is 1.42. The van der Waals surface area contributed by atoms with Gasteiger partial charge in [-0.25, -0.2) is 9.97 Å². The van der Waals surface area contributed by atoms with Crippen LogP contribution in [-0.2, 0) is 0 Å². The van der Waals surface area contributed by atoms with E-state index in [0.29, 0.717) is 17.5 Å². The first-order chi connectivity index (χ1) is 12.1. The molecule has 4 aliphatic heterocycles. The van der Waals surface area contributed by atoms with E-state index in [2.05, 4.69) is 32.1 Å². The highest BCUT2D eigenvalue weighted by Gasteiger charge is 2.35. The molecule has 0 spiro atoms. The summed E-state index contributed by atoms with van der Waals surface area (Å²) in [6.45, 7) is 7.47. The molecule has 5 rings (SSSR count). The van der Waals surface area contributed by atoms with Crippen LogP contribution in [-0.4, -0.2) is 71.5 Å². The Morgan fingerprint density at radius 3 is 2.48 bits per heavy atom. The maximum atomic E-state index is 12.8. The van der Waals surface area contributed by atoms with E-state index in [1.807, 2.05) is 13.0 Å². The Bertz CT molecular complexity index is 633. The van der Waals surface area contributed by atoms with Gasteiger partial charge in [0.2, 0.25) is 0 Å². The number of fused-ring (bicyclic) bond motifs is 3. The average molecular weight is 343 g/mol. The SMILES string of the molecule is Cc1cc(C(=O)N[C@H]2CN3CCC2CC3)nc(C2CCN(C)CC2)n1. The normalized spacial score (nSPS) is 30.4. The zero-order chi connectivity index (χ0) is 17.4. The number of likely N-dealkylation sites (tertiary alicyclic amines) is 1. The molecule has 0 aromatic carbocycles. The predicted molar refractivity (Wildman–Crippen MR) is 96.7 cm³/mol. The van der Waals surface area contributed by atoms with Crippen molar-refractivity contribution < 1.29 is 4.79 Å². The van der Waals surface area contributed by atoms with Crippen molar-refractivity contribution in [3.05, 3.63) is 23.3 Å². The summed E-state index contributed by atoms with van der Waals surface area (Å²) in [6, 6.07) is 2.10. The van der Waals surface area contributed by atoms with Gasteiger partial charge in [0.25, 0.3) is 5.91 Å². The van der Waals surface area contributed by atoms with Gasteiger partial charge in [-0.1, -0.05) is 0 Å². The highest BCUT2D eigenvalue weighted by atomic mass is 16.2. The number of hydrogen-bond acceptors (Lipinski definition) is 5. The molecule has 1 aromatic heterocycles. The van der Waals surface area contributed by atoms with Crippen LogP contribution in [0.2, 0.25) is 0 Å². The lowest BCUT2D eigenvalue weighted by atomic mass is 9.84. The molecule has 0 radical (unpaired) electrons. The Balaban J connectivity index is 1.47. The van der Waals surface area contributed by atoms with E-state index in [9.17, 15) is 4.79 Å². The summed E-state index contributed by atoms with van der Waals surface area (Å²) < 4.78 is 0. The second-order valence-electron chi connectivity index (χ2n) is 8.05. The van der Waals surface area contributed by atoms with Gasteiger partial charge < -0.3 is 15.1 Å². The second kappa shape index (κ2) is 7.00. The van der Waals surface area contributed by atoms with E-state index in [-0.39, 0.29) is 11.9 Å². The van der Waals surface area contributed by atoms with Crippen molar-refractivity contribution in [1.82, 2.24) is 25.1 Å². The minimum Gasteiger partial charge on any atom is -0.346 e. The number of nitrogens with one attached hydrogen (secondary N) is 1. The number of amides is 1. The third-order valence-corrected chi connectivity index (χ3v) is 6.16. The van der Waals surface area contributed by atoms with Crippen molar-refractivity contribution in [3.8, 4) is 0 Å². The first-order valence-electron chi connectivity index (χ1n) is 9.66. The van der Waals surface area contributed by atoms with Crippen LogP contribution in [0.3, 0.4) is 0 Å². The van der Waals surface area contributed by atoms with E-state index in [1.54, 1.807) is 0 Å². The lowest BCUT2D eigenvalue weighted by Crippen LogP contribution is -2.57. The third kappa shape index (κ3) is 3.70. The van der Waals surface area contributed by atoms with Gasteiger partial charge in [-0.3, -0.25) is 4.79 Å². The molecule has 5 heterocycles. The molecule has 1 N–H and O–H groups in total. The van der Waals surface area contributed by atoms with Crippen LogP contribution in [0.5, 0.6) is 0 Å². The van der Waals surface area contributed by atoms with E-state index in [0.717, 1.165) is 44.0 Å². The fraction of sp³-hybridized carbons (Fsp3) is 0.737. The lowest BCUT2D eigenvalue weighted by molar-refractivity contribution is 0.0617. The number of carbonyl (C=O) groups is 1. The number of aromatic nitrogens is 2. The standard InChI is InChI=1S/C19H29N5O/c1-13-11-16(21-18(20-13)15-3-7-23(2)8-4-15)19(25)22-17-12-24-9-5-14(17)6-10-24/h11,14-15,17H,3-10,12H2,1-2H3,(H,22,25)/t17-/m0/s1. The van der Waals surface area contributed by atoms with Crippen LogP contribution in [0.1, 0.15) is 53.6 Å². The molecule has 6 heteroatoms. The topological polar surface area (TPSA) is 61.4 Å². The molecule has 0 unspecified atom stereocenters. The first kappa shape index (κ1) is 16.9. The highest BCUT2D eigenvalue weighted by Crippen LogP contribution is 2.28. The van der Waals surface area contributed by atoms with Crippen LogP contribution in [0.4, 0.5) is 0 Å². The Kier molecular flexibility index (Phi) is 4.73. The summed E-state index contributed by atoms with van der Waals surface area (Å²) in [4.78, 5) is 26.9. The summed E-state index contributed by atoms with van der Waals surface area (Å²) in [5.74, 6) is 1.83. The molecule has 4 aliphatic rings. The van der Waals surface area contributed by atoms with Crippen molar-refractivity contribution in [2.24, 2.45) is 5.92 Å². The number of hydrogen-bond donors (Lipinski definition) is 1. The van der Waals surface area contributed by atoms with E-state index >= 15 is 0 Å². The summed E-state index contributed by atoms with van der Waals surface area (Å²) in [7, 11) is 2.15. The number of nitrogens with zero attached hydrogens (tertiary/aromatic N) is 4. The van der Waals surface area contributed by atoms with Gasteiger partial charge in [-0.2, -0.15) is 0 Å². The first-order valence-corrected chi connectivity index (χ1v) is 9.66. The summed E-state index contributed by atoms with van der Waals surface area (Å²) in [5, 5.41) is 3.25. The molecule has 1 atom stereocenters. The quantitative estimate of drug-likeness (QED) is 0.899. The van der Waals surface area contributed by atoms with Crippen LogP contribution in [0.15, 0.2) is 6.07 Å². The van der Waals surface area contributed by atoms with Crippen molar-refractivity contribution in [1.29, 1.82) is 0 Å². The van der Waals surface area contributed by atoms with Crippen molar-refractivity contribution in [3.63, 3.8) is 0 Å². The molecule has 4 saturated heterocycles. The zero-order valence-corrected chi connectivity index (χ0v) is 15.4. The summed E-state index contributed by atoms with van der Waals surface area (Å²) in [6.07, 6.45) is 4.55. The Labute approximate surface area is 150 Å². The molecular weight excluding hydrogens is 314 g/mol. The Morgan fingerprint density at radius 1 is 1.12 bits per heavy atom. The summed E-state index contributed by atoms with van der Waals surface area (Å²) >= 11 is 0. The van der Waals surface area contributed by atoms with Crippen molar-refractivity contribution in [2.75, 3.05) is 39.8 Å². The molecule has 1 aromatic rings. The van der Waals surface area contributed by atoms with Gasteiger partial charge in [0.1, 0.15) is 11.5 Å². The second-order valence-corrected chi connectivity index (χ2v) is 8.05. The van der Waals surface area contributed by atoms with Gasteiger partial charge in [-0.15, -0.1) is 0 Å². The van der Waals surface area contributed by atoms with E-state index in [4.69, 9.17) is 0 Å². The largest absolute Gasteiger partial charge is 0.346 e. The molecule has 136 valence electrons. The fourth-order valence-corrected chi connectivity index (χ4v) is 4.53. The Hall–Kier alpha value is -1.53. The van der Waals surface area contributed by atoms with Gasteiger partial charge in [0, 0.05) is 24.2 Å². The number of rotatable bonds is 3. The van der Waals surface area contributed by atoms with Gasteiger partial charge in [-0.05, 0) is 77.8 Å². The van der Waals surface area contributed by atoms with Gasteiger partial charge >= 0.3 is 0 Å². The minimum atomic E-state index is -0.0292. The number of carbonyl (C=O) groups excluding carboxylic acids is 1. The Morgan fingerprint density at radius 2 is 1.84 bits per heavy atom. The molecule has 1 amide bonds. The molecule has 0 saturated carbocycles. The van der Waals surface area contributed by atoms with Gasteiger partial charge in [0.05, 0.1) is 0 Å². The molecule has 4 fully saturated rings. The molecule has 0 aliphatic carbocycles. The van der Waals surface area contributed by atoms with Crippen LogP contribution in [0.25, 0.3) is 0 Å². The molecule has 25 heavy (non-hydrogen) atoms.